The first-order valence-corrected chi connectivity index (χ1v) is 9.86. The van der Waals surface area contributed by atoms with Gasteiger partial charge in [0, 0.05) is 36.5 Å². The maximum absolute atomic E-state index is 13.2. The van der Waals surface area contributed by atoms with Gasteiger partial charge in [0.25, 0.3) is 5.91 Å². The van der Waals surface area contributed by atoms with E-state index in [2.05, 4.69) is 4.98 Å². The summed E-state index contributed by atoms with van der Waals surface area (Å²) in [6.45, 7) is 5.26. The summed E-state index contributed by atoms with van der Waals surface area (Å²) in [6, 6.07) is 8.22. The second-order valence-corrected chi connectivity index (χ2v) is 7.71. The van der Waals surface area contributed by atoms with Crippen LogP contribution in [0.15, 0.2) is 35.7 Å². The number of hydrogen-bond acceptors (Lipinski definition) is 4. The first-order chi connectivity index (χ1) is 13.0. The molecule has 0 fully saturated rings. The number of rotatable bonds is 2. The third kappa shape index (κ3) is 3.49. The van der Waals surface area contributed by atoms with Gasteiger partial charge in [-0.1, -0.05) is 0 Å². The minimum Gasteiger partial charge on any atom is -0.337 e. The zero-order valence-corrected chi connectivity index (χ0v) is 16.1. The van der Waals surface area contributed by atoms with Gasteiger partial charge >= 0.3 is 0 Å². The Morgan fingerprint density at radius 2 is 1.81 bits per heavy atom. The number of nitrogens with zero attached hydrogens (tertiary/aromatic N) is 3. The Morgan fingerprint density at radius 1 is 1.07 bits per heavy atom. The summed E-state index contributed by atoms with van der Waals surface area (Å²) >= 11 is 1.50. The number of hydrogen-bond donors (Lipinski definition) is 0. The molecule has 4 nitrogen and oxygen atoms in total. The minimum atomic E-state index is -0.275. The van der Waals surface area contributed by atoms with Gasteiger partial charge in [0.2, 0.25) is 0 Å². The number of benzene rings is 1. The normalized spacial score (nSPS) is 14.0. The second-order valence-electron chi connectivity index (χ2n) is 6.79. The lowest BCUT2D eigenvalue weighted by molar-refractivity contribution is 0.0767. The maximum atomic E-state index is 13.2. The average Bonchev–Trinajstić information content (AvgIpc) is 2.96. The standard InChI is InChI=1S/C21H20FN3OS/c1-13-9-12-27-19(13)21(26)25-10-7-17-14(2)23-20(24-18(17)8-11-25)15-3-5-16(22)6-4-15/h3-6,9,12H,7-8,10-11H2,1-2H3. The van der Waals surface area contributed by atoms with Crippen LogP contribution in [-0.2, 0) is 12.8 Å². The van der Waals surface area contributed by atoms with Crippen molar-refractivity contribution in [3.8, 4) is 11.4 Å². The zero-order valence-electron chi connectivity index (χ0n) is 15.3. The largest absolute Gasteiger partial charge is 0.337 e. The highest BCUT2D eigenvalue weighted by Crippen LogP contribution is 2.24. The van der Waals surface area contributed by atoms with E-state index in [1.807, 2.05) is 30.2 Å². The van der Waals surface area contributed by atoms with Gasteiger partial charge < -0.3 is 4.90 Å². The van der Waals surface area contributed by atoms with Gasteiger partial charge in [-0.05, 0) is 67.1 Å². The predicted molar refractivity (Wildman–Crippen MR) is 105 cm³/mol. The van der Waals surface area contributed by atoms with Crippen LogP contribution in [0.2, 0.25) is 0 Å². The molecule has 3 heterocycles. The molecule has 0 radical (unpaired) electrons. The van der Waals surface area contributed by atoms with Crippen LogP contribution in [0, 0.1) is 19.7 Å². The van der Waals surface area contributed by atoms with Gasteiger partial charge in [0.15, 0.2) is 5.82 Å². The molecular formula is C21H20FN3OS. The molecule has 2 aromatic heterocycles. The lowest BCUT2D eigenvalue weighted by Gasteiger charge is -2.19. The Morgan fingerprint density at radius 3 is 2.52 bits per heavy atom. The molecule has 0 saturated carbocycles. The van der Waals surface area contributed by atoms with Crippen molar-refractivity contribution in [2.45, 2.75) is 26.7 Å². The summed E-state index contributed by atoms with van der Waals surface area (Å²) in [5, 5.41) is 1.96. The van der Waals surface area contributed by atoms with Crippen LogP contribution in [0.3, 0.4) is 0 Å². The highest BCUT2D eigenvalue weighted by Gasteiger charge is 2.24. The third-order valence-corrected chi connectivity index (χ3v) is 6.00. The van der Waals surface area contributed by atoms with E-state index in [1.54, 1.807) is 12.1 Å². The van der Waals surface area contributed by atoms with E-state index < -0.39 is 0 Å². The van der Waals surface area contributed by atoms with E-state index in [9.17, 15) is 9.18 Å². The summed E-state index contributed by atoms with van der Waals surface area (Å²) in [5.41, 5.74) is 4.87. The van der Waals surface area contributed by atoms with E-state index in [-0.39, 0.29) is 11.7 Å². The summed E-state index contributed by atoms with van der Waals surface area (Å²) in [4.78, 5) is 25.0. The van der Waals surface area contributed by atoms with Gasteiger partial charge in [-0.25, -0.2) is 14.4 Å². The highest BCUT2D eigenvalue weighted by molar-refractivity contribution is 7.12. The molecule has 0 saturated heterocycles. The molecule has 27 heavy (non-hydrogen) atoms. The topological polar surface area (TPSA) is 46.1 Å². The number of amides is 1. The van der Waals surface area contributed by atoms with Crippen molar-refractivity contribution >= 4 is 17.2 Å². The van der Waals surface area contributed by atoms with Crippen LogP contribution < -0.4 is 0 Å². The van der Waals surface area contributed by atoms with Gasteiger partial charge in [0.1, 0.15) is 5.82 Å². The van der Waals surface area contributed by atoms with Crippen LogP contribution in [0.4, 0.5) is 4.39 Å². The number of aromatic nitrogens is 2. The van der Waals surface area contributed by atoms with Gasteiger partial charge in [0.05, 0.1) is 4.88 Å². The van der Waals surface area contributed by atoms with E-state index in [0.717, 1.165) is 39.4 Å². The predicted octanol–water partition coefficient (Wildman–Crippen LogP) is 4.20. The number of fused-ring (bicyclic) bond motifs is 1. The summed E-state index contributed by atoms with van der Waals surface area (Å²) in [7, 11) is 0. The SMILES string of the molecule is Cc1ccsc1C(=O)N1CCc2nc(-c3ccc(F)cc3)nc(C)c2CC1. The van der Waals surface area contributed by atoms with Gasteiger partial charge in [-0.2, -0.15) is 0 Å². The molecule has 1 aliphatic rings. The molecule has 138 valence electrons. The minimum absolute atomic E-state index is 0.0969. The second kappa shape index (κ2) is 7.19. The molecular weight excluding hydrogens is 361 g/mol. The average molecular weight is 381 g/mol. The van der Waals surface area contributed by atoms with Gasteiger partial charge in [-0.15, -0.1) is 11.3 Å². The van der Waals surface area contributed by atoms with Gasteiger partial charge in [-0.3, -0.25) is 4.79 Å². The molecule has 6 heteroatoms. The first kappa shape index (κ1) is 17.8. The molecule has 1 aliphatic heterocycles. The van der Waals surface area contributed by atoms with Crippen molar-refractivity contribution in [2.24, 2.45) is 0 Å². The van der Waals surface area contributed by atoms with Crippen LogP contribution in [0.5, 0.6) is 0 Å². The van der Waals surface area contributed by atoms with Crippen molar-refractivity contribution in [2.75, 3.05) is 13.1 Å². The fourth-order valence-electron chi connectivity index (χ4n) is 3.45. The molecule has 0 N–H and O–H groups in total. The number of aryl methyl sites for hydroxylation is 2. The lowest BCUT2D eigenvalue weighted by atomic mass is 10.1. The Kier molecular flexibility index (Phi) is 4.74. The Labute approximate surface area is 161 Å². The van der Waals surface area contributed by atoms with Crippen LogP contribution in [-0.4, -0.2) is 33.9 Å². The molecule has 0 spiro atoms. The number of halogens is 1. The zero-order chi connectivity index (χ0) is 19.0. The van der Waals surface area contributed by atoms with Crippen molar-refractivity contribution in [3.05, 3.63) is 68.9 Å². The third-order valence-electron chi connectivity index (χ3n) is 5.00. The Hall–Kier alpha value is -2.60. The molecule has 1 amide bonds. The van der Waals surface area contributed by atoms with Crippen molar-refractivity contribution < 1.29 is 9.18 Å². The van der Waals surface area contributed by atoms with Crippen LogP contribution in [0.1, 0.15) is 32.2 Å². The molecule has 1 aromatic carbocycles. The monoisotopic (exact) mass is 381 g/mol. The molecule has 0 aliphatic carbocycles. The number of carbonyl (C=O) groups is 1. The highest BCUT2D eigenvalue weighted by atomic mass is 32.1. The Bertz CT molecular complexity index is 997. The van der Waals surface area contributed by atoms with Crippen molar-refractivity contribution in [1.29, 1.82) is 0 Å². The van der Waals surface area contributed by atoms with E-state index in [4.69, 9.17) is 4.98 Å². The maximum Gasteiger partial charge on any atom is 0.264 e. The van der Waals surface area contributed by atoms with E-state index in [1.165, 1.54) is 23.5 Å². The molecule has 3 aromatic rings. The smallest absolute Gasteiger partial charge is 0.264 e. The quantitative estimate of drug-likeness (QED) is 0.668. The molecule has 0 atom stereocenters. The van der Waals surface area contributed by atoms with Crippen molar-refractivity contribution in [1.82, 2.24) is 14.9 Å². The molecule has 0 unspecified atom stereocenters. The number of carbonyl (C=O) groups excluding carboxylic acids is 1. The van der Waals surface area contributed by atoms with Crippen LogP contribution >= 0.6 is 11.3 Å². The first-order valence-electron chi connectivity index (χ1n) is 8.98. The molecule has 0 bridgehead atoms. The number of thiophene rings is 1. The van der Waals surface area contributed by atoms with E-state index in [0.29, 0.717) is 25.3 Å². The van der Waals surface area contributed by atoms with E-state index >= 15 is 0 Å². The van der Waals surface area contributed by atoms with Crippen LogP contribution in [0.25, 0.3) is 11.4 Å². The summed E-state index contributed by atoms with van der Waals surface area (Å²) in [6.07, 6.45) is 1.45. The molecule has 4 rings (SSSR count). The van der Waals surface area contributed by atoms with Crippen molar-refractivity contribution in [3.63, 3.8) is 0 Å². The Balaban J connectivity index is 1.61. The summed E-state index contributed by atoms with van der Waals surface area (Å²) in [5.74, 6) is 0.433. The fourth-order valence-corrected chi connectivity index (χ4v) is 4.35. The fraction of sp³-hybridized carbons (Fsp3) is 0.286. The lowest BCUT2D eigenvalue weighted by Crippen LogP contribution is -2.33. The summed E-state index contributed by atoms with van der Waals surface area (Å²) < 4.78 is 13.2.